The fraction of sp³-hybridized carbons (Fsp3) is 0.125. The van der Waals surface area contributed by atoms with Crippen LogP contribution in [0, 0.1) is 6.07 Å². The van der Waals surface area contributed by atoms with E-state index in [1.165, 1.54) is 22.3 Å². The van der Waals surface area contributed by atoms with Gasteiger partial charge in [0.2, 0.25) is 0 Å². The molecule has 0 aromatic heterocycles. The normalized spacial score (nSPS) is 15.8. The molecule has 2 aliphatic carbocycles. The number of benzene rings is 1. The van der Waals surface area contributed by atoms with Gasteiger partial charge in [-0.25, -0.2) is 0 Å². The fourth-order valence-corrected chi connectivity index (χ4v) is 2.25. The summed E-state index contributed by atoms with van der Waals surface area (Å²) in [4.78, 5) is 0. The molecule has 0 unspecified atom stereocenters. The summed E-state index contributed by atoms with van der Waals surface area (Å²) in [5, 5.41) is 0. The largest absolute Gasteiger partial charge is 2.00 e. The van der Waals surface area contributed by atoms with Crippen LogP contribution >= 0.6 is 0 Å². The molecule has 1 aromatic rings. The van der Waals surface area contributed by atoms with Crippen molar-refractivity contribution in [2.75, 3.05) is 0 Å². The van der Waals surface area contributed by atoms with Crippen molar-refractivity contribution in [2.45, 2.75) is 12.8 Å². The first-order valence-corrected chi connectivity index (χ1v) is 5.68. The van der Waals surface area contributed by atoms with Crippen molar-refractivity contribution in [3.05, 3.63) is 71.8 Å². The van der Waals surface area contributed by atoms with Crippen molar-refractivity contribution in [1.82, 2.24) is 0 Å². The van der Waals surface area contributed by atoms with E-state index in [4.69, 9.17) is 0 Å². The van der Waals surface area contributed by atoms with Gasteiger partial charge in [0.25, 0.3) is 0 Å². The predicted molar refractivity (Wildman–Crippen MR) is 68.7 cm³/mol. The molecule has 1 aromatic carbocycles. The second kappa shape index (κ2) is 6.94. The summed E-state index contributed by atoms with van der Waals surface area (Å²) in [5.41, 5.74) is 5.38. The summed E-state index contributed by atoms with van der Waals surface area (Å²) in [5.74, 6) is 0. The molecular formula is C16H13ClTi. The molecule has 0 aliphatic heterocycles. The SMILES string of the molecule is [Cl-].[Ti+2].[c-]1cccc(C2=CC=CC2)c1C1=CC=CC1. The summed E-state index contributed by atoms with van der Waals surface area (Å²) >= 11 is 0. The average molecular weight is 289 g/mol. The Morgan fingerprint density at radius 3 is 2.22 bits per heavy atom. The van der Waals surface area contributed by atoms with Crippen LogP contribution in [-0.2, 0) is 21.7 Å². The van der Waals surface area contributed by atoms with Gasteiger partial charge < -0.3 is 12.4 Å². The maximum absolute atomic E-state index is 3.38. The zero-order chi connectivity index (χ0) is 10.8. The number of rotatable bonds is 2. The monoisotopic (exact) mass is 288 g/mol. The van der Waals surface area contributed by atoms with E-state index < -0.39 is 0 Å². The van der Waals surface area contributed by atoms with E-state index in [0.717, 1.165) is 12.8 Å². The maximum Gasteiger partial charge on any atom is 2.00 e. The van der Waals surface area contributed by atoms with E-state index in [1.54, 1.807) is 0 Å². The van der Waals surface area contributed by atoms with Gasteiger partial charge in [0.1, 0.15) is 0 Å². The van der Waals surface area contributed by atoms with Crippen molar-refractivity contribution in [3.8, 4) is 0 Å². The average Bonchev–Trinajstić information content (AvgIpc) is 3.03. The van der Waals surface area contributed by atoms with Gasteiger partial charge >= 0.3 is 21.7 Å². The summed E-state index contributed by atoms with van der Waals surface area (Å²) < 4.78 is 0. The minimum absolute atomic E-state index is 0. The number of hydrogen-bond acceptors (Lipinski definition) is 0. The van der Waals surface area contributed by atoms with E-state index in [2.05, 4.69) is 54.7 Å². The molecule has 0 bridgehead atoms. The molecule has 0 atom stereocenters. The molecule has 0 N–H and O–H groups in total. The quantitative estimate of drug-likeness (QED) is 0.566. The van der Waals surface area contributed by atoms with Crippen LogP contribution in [0.5, 0.6) is 0 Å². The summed E-state index contributed by atoms with van der Waals surface area (Å²) in [6.45, 7) is 0. The number of halogens is 1. The van der Waals surface area contributed by atoms with Crippen molar-refractivity contribution < 1.29 is 34.1 Å². The van der Waals surface area contributed by atoms with E-state index in [1.807, 2.05) is 6.07 Å². The van der Waals surface area contributed by atoms with Crippen molar-refractivity contribution in [1.29, 1.82) is 0 Å². The van der Waals surface area contributed by atoms with Gasteiger partial charge in [0.05, 0.1) is 0 Å². The van der Waals surface area contributed by atoms with Crippen LogP contribution in [-0.4, -0.2) is 0 Å². The standard InChI is InChI=1S/C16H13.ClH.Ti/c1-2-8-13(7-1)15-11-5-6-12-16(15)14-9-3-4-10-14;;/h1-7,9,11H,8,10H2;1H;/q-1;;+2/p-1. The Bertz CT molecular complexity index is 487. The molecule has 2 aliphatic rings. The molecule has 18 heavy (non-hydrogen) atoms. The molecule has 0 radical (unpaired) electrons. The van der Waals surface area contributed by atoms with Crippen molar-refractivity contribution in [2.24, 2.45) is 0 Å². The summed E-state index contributed by atoms with van der Waals surface area (Å²) in [7, 11) is 0. The third-order valence-electron chi connectivity index (χ3n) is 3.07. The summed E-state index contributed by atoms with van der Waals surface area (Å²) in [6.07, 6.45) is 15.1. The Morgan fingerprint density at radius 2 is 1.61 bits per heavy atom. The van der Waals surface area contributed by atoms with Crippen molar-refractivity contribution >= 4 is 11.1 Å². The summed E-state index contributed by atoms with van der Waals surface area (Å²) in [6, 6.07) is 9.65. The van der Waals surface area contributed by atoms with Crippen LogP contribution in [0.2, 0.25) is 0 Å². The third kappa shape index (κ3) is 2.95. The third-order valence-corrected chi connectivity index (χ3v) is 3.07. The molecule has 0 nitrogen and oxygen atoms in total. The molecule has 0 amide bonds. The van der Waals surface area contributed by atoms with Gasteiger partial charge in [-0.05, 0) is 12.8 Å². The molecule has 88 valence electrons. The van der Waals surface area contributed by atoms with Crippen LogP contribution < -0.4 is 12.4 Å². The molecule has 2 heteroatoms. The molecule has 0 saturated carbocycles. The minimum Gasteiger partial charge on any atom is -1.00 e. The molecule has 0 saturated heterocycles. The van der Waals surface area contributed by atoms with Gasteiger partial charge in [0.15, 0.2) is 0 Å². The Labute approximate surface area is 129 Å². The number of hydrogen-bond donors (Lipinski definition) is 0. The second-order valence-corrected chi connectivity index (χ2v) is 4.11. The molecule has 0 spiro atoms. The van der Waals surface area contributed by atoms with Crippen molar-refractivity contribution in [3.63, 3.8) is 0 Å². The molecule has 0 heterocycles. The topological polar surface area (TPSA) is 0 Å². The molecule has 0 fully saturated rings. The first kappa shape index (κ1) is 15.2. The smallest absolute Gasteiger partial charge is 1.00 e. The first-order valence-electron chi connectivity index (χ1n) is 5.68. The zero-order valence-corrected chi connectivity index (χ0v) is 12.3. The second-order valence-electron chi connectivity index (χ2n) is 4.11. The first-order chi connectivity index (χ1) is 7.95. The van der Waals surface area contributed by atoms with Crippen LogP contribution in [0.25, 0.3) is 11.1 Å². The van der Waals surface area contributed by atoms with Crippen LogP contribution in [0.4, 0.5) is 0 Å². The van der Waals surface area contributed by atoms with Gasteiger partial charge in [0, 0.05) is 0 Å². The van der Waals surface area contributed by atoms with E-state index in [0.29, 0.717) is 0 Å². The maximum atomic E-state index is 3.38. The number of allylic oxidation sites excluding steroid dienone is 8. The van der Waals surface area contributed by atoms with Crippen LogP contribution in [0.1, 0.15) is 24.0 Å². The van der Waals surface area contributed by atoms with E-state index >= 15 is 0 Å². The van der Waals surface area contributed by atoms with Gasteiger partial charge in [-0.2, -0.15) is 0 Å². The minimum atomic E-state index is 0. The Morgan fingerprint density at radius 1 is 0.944 bits per heavy atom. The zero-order valence-electron chi connectivity index (χ0n) is 9.99. The fourth-order valence-electron chi connectivity index (χ4n) is 2.25. The van der Waals surface area contributed by atoms with Crippen LogP contribution in [0.15, 0.2) is 54.7 Å². The predicted octanol–water partition coefficient (Wildman–Crippen LogP) is 1.17. The van der Waals surface area contributed by atoms with E-state index in [9.17, 15) is 0 Å². The van der Waals surface area contributed by atoms with Gasteiger partial charge in [-0.3, -0.25) is 0 Å². The molecular weight excluding hydrogens is 275 g/mol. The van der Waals surface area contributed by atoms with Gasteiger partial charge in [-0.15, -0.1) is 47.0 Å². The Balaban J connectivity index is 0.000000810. The Kier molecular flexibility index (Phi) is 5.88. The van der Waals surface area contributed by atoms with E-state index in [-0.39, 0.29) is 34.1 Å². The Hall–Kier alpha value is -0.816. The van der Waals surface area contributed by atoms with Crippen LogP contribution in [0.3, 0.4) is 0 Å². The van der Waals surface area contributed by atoms with Gasteiger partial charge in [-0.1, -0.05) is 36.0 Å². The molecule has 3 rings (SSSR count).